The fraction of sp³-hybridized carbons (Fsp3) is 0.320. The van der Waals surface area contributed by atoms with Gasteiger partial charge in [-0.15, -0.1) is 11.3 Å². The number of aromatic nitrogens is 3. The van der Waals surface area contributed by atoms with Crippen LogP contribution in [0.15, 0.2) is 48.5 Å². The highest BCUT2D eigenvalue weighted by atomic mass is 32.1. The van der Waals surface area contributed by atoms with Crippen LogP contribution in [0, 0.1) is 12.8 Å². The van der Waals surface area contributed by atoms with Gasteiger partial charge in [0.05, 0.1) is 21.5 Å². The van der Waals surface area contributed by atoms with Gasteiger partial charge in [0.25, 0.3) is 0 Å². The van der Waals surface area contributed by atoms with Crippen LogP contribution in [-0.2, 0) is 6.54 Å². The number of nitrogens with one attached hydrogen (secondary N) is 2. The highest BCUT2D eigenvalue weighted by molar-refractivity contribution is 7.21. The van der Waals surface area contributed by atoms with Crippen molar-refractivity contribution in [3.05, 3.63) is 59.8 Å². The Morgan fingerprint density at radius 2 is 1.86 bits per heavy atom. The SMILES string of the molecule is Cc1nc(NCc2ccccc2O)nc(N[C@@]2(O)CC[C@H](CO)[C@H]2O)c1-c1nc2ccccc2s1. The molecule has 1 aliphatic rings. The highest BCUT2D eigenvalue weighted by Gasteiger charge is 2.47. The molecule has 9 nitrogen and oxygen atoms in total. The summed E-state index contributed by atoms with van der Waals surface area (Å²) in [4.78, 5) is 14.0. The lowest BCUT2D eigenvalue weighted by atomic mass is 10.0. The van der Waals surface area contributed by atoms with E-state index in [4.69, 9.17) is 4.98 Å². The molecule has 0 unspecified atom stereocenters. The molecule has 182 valence electrons. The van der Waals surface area contributed by atoms with Crippen LogP contribution >= 0.6 is 11.3 Å². The largest absolute Gasteiger partial charge is 0.508 e. The Hall–Kier alpha value is -3.31. The molecule has 10 heteroatoms. The summed E-state index contributed by atoms with van der Waals surface area (Å²) in [7, 11) is 0. The number of nitrogens with zero attached hydrogens (tertiary/aromatic N) is 3. The molecule has 3 atom stereocenters. The summed E-state index contributed by atoms with van der Waals surface area (Å²) in [5, 5.41) is 48.5. The lowest BCUT2D eigenvalue weighted by Gasteiger charge is -2.31. The molecule has 2 aromatic carbocycles. The van der Waals surface area contributed by atoms with Gasteiger partial charge in [-0.25, -0.2) is 9.97 Å². The van der Waals surface area contributed by atoms with Crippen LogP contribution < -0.4 is 10.6 Å². The third-order valence-corrected chi connectivity index (χ3v) is 7.48. The Bertz CT molecular complexity index is 1330. The number of aliphatic hydroxyl groups excluding tert-OH is 2. The van der Waals surface area contributed by atoms with Crippen LogP contribution in [0.3, 0.4) is 0 Å². The van der Waals surface area contributed by atoms with Crippen LogP contribution in [0.2, 0.25) is 0 Å². The molecule has 0 radical (unpaired) electrons. The van der Waals surface area contributed by atoms with Crippen LogP contribution in [-0.4, -0.2) is 53.8 Å². The van der Waals surface area contributed by atoms with Crippen LogP contribution in [0.25, 0.3) is 20.8 Å². The number of thiazole rings is 1. The monoisotopic (exact) mass is 493 g/mol. The summed E-state index contributed by atoms with van der Waals surface area (Å²) < 4.78 is 1.01. The molecule has 0 amide bonds. The number of aliphatic hydroxyl groups is 3. The van der Waals surface area contributed by atoms with E-state index in [1.807, 2.05) is 37.3 Å². The average Bonchev–Trinajstić information content (AvgIpc) is 3.39. The van der Waals surface area contributed by atoms with Gasteiger partial charge in [-0.2, -0.15) is 4.98 Å². The number of phenols is 1. The minimum atomic E-state index is -1.66. The number of para-hydroxylation sites is 2. The van der Waals surface area contributed by atoms with Crippen molar-refractivity contribution in [3.8, 4) is 16.3 Å². The van der Waals surface area contributed by atoms with Crippen molar-refractivity contribution in [3.63, 3.8) is 0 Å². The number of rotatable bonds is 7. The molecule has 2 aromatic heterocycles. The Kier molecular flexibility index (Phi) is 6.28. The summed E-state index contributed by atoms with van der Waals surface area (Å²) >= 11 is 1.49. The van der Waals surface area contributed by atoms with Gasteiger partial charge < -0.3 is 31.1 Å². The number of aryl methyl sites for hydroxylation is 1. The van der Waals surface area contributed by atoms with E-state index in [0.29, 0.717) is 46.6 Å². The van der Waals surface area contributed by atoms with E-state index >= 15 is 0 Å². The van der Waals surface area contributed by atoms with Crippen LogP contribution in [0.5, 0.6) is 5.75 Å². The van der Waals surface area contributed by atoms with E-state index in [0.717, 1.165) is 10.2 Å². The molecule has 1 saturated carbocycles. The highest BCUT2D eigenvalue weighted by Crippen LogP contribution is 2.40. The van der Waals surface area contributed by atoms with Gasteiger partial charge in [0.2, 0.25) is 5.95 Å². The van der Waals surface area contributed by atoms with E-state index in [9.17, 15) is 20.4 Å². The Morgan fingerprint density at radius 3 is 2.60 bits per heavy atom. The van der Waals surface area contributed by atoms with Crippen LogP contribution in [0.1, 0.15) is 24.1 Å². The van der Waals surface area contributed by atoms with E-state index in [-0.39, 0.29) is 18.8 Å². The van der Waals surface area contributed by atoms with Crippen molar-refractivity contribution in [2.75, 3.05) is 17.2 Å². The Labute approximate surface area is 206 Å². The molecular weight excluding hydrogens is 466 g/mol. The molecule has 0 saturated heterocycles. The number of anilines is 2. The first kappa shape index (κ1) is 23.4. The van der Waals surface area contributed by atoms with E-state index < -0.39 is 17.7 Å². The number of benzene rings is 2. The molecule has 6 N–H and O–H groups in total. The normalized spacial score (nSPS) is 21.9. The molecule has 0 bridgehead atoms. The first-order valence-electron chi connectivity index (χ1n) is 11.4. The fourth-order valence-electron chi connectivity index (χ4n) is 4.45. The molecule has 4 aromatic rings. The van der Waals surface area contributed by atoms with Gasteiger partial charge in [-0.05, 0) is 38.0 Å². The van der Waals surface area contributed by atoms with Gasteiger partial charge in [0, 0.05) is 24.6 Å². The zero-order valence-corrected chi connectivity index (χ0v) is 20.0. The summed E-state index contributed by atoms with van der Waals surface area (Å²) in [5.41, 5.74) is 1.14. The number of phenolic OH excluding ortho intramolecular Hbond substituents is 1. The van der Waals surface area contributed by atoms with Gasteiger partial charge in [0.1, 0.15) is 22.7 Å². The van der Waals surface area contributed by atoms with Crippen LogP contribution in [0.4, 0.5) is 11.8 Å². The molecular formula is C25H27N5O4S. The van der Waals surface area contributed by atoms with Gasteiger partial charge in [0.15, 0.2) is 5.72 Å². The van der Waals surface area contributed by atoms with E-state index in [2.05, 4.69) is 20.6 Å². The predicted octanol–water partition coefficient (Wildman–Crippen LogP) is 3.24. The molecule has 0 aliphatic heterocycles. The molecule has 1 aliphatic carbocycles. The second-order valence-electron chi connectivity index (χ2n) is 8.80. The van der Waals surface area contributed by atoms with Crippen molar-refractivity contribution in [1.82, 2.24) is 15.0 Å². The van der Waals surface area contributed by atoms with E-state index in [1.165, 1.54) is 11.3 Å². The number of hydrogen-bond acceptors (Lipinski definition) is 10. The molecule has 2 heterocycles. The minimum absolute atomic E-state index is 0.166. The average molecular weight is 494 g/mol. The minimum Gasteiger partial charge on any atom is -0.508 e. The molecule has 5 rings (SSSR count). The Balaban J connectivity index is 1.54. The zero-order chi connectivity index (χ0) is 24.6. The fourth-order valence-corrected chi connectivity index (χ4v) is 5.51. The predicted molar refractivity (Wildman–Crippen MR) is 135 cm³/mol. The topological polar surface area (TPSA) is 144 Å². The first-order chi connectivity index (χ1) is 16.9. The van der Waals surface area contributed by atoms with Gasteiger partial charge in [-0.1, -0.05) is 30.3 Å². The standard InChI is InChI=1S/C25H27N5O4S/c1-14-20(23-28-17-7-3-5-9-19(17)35-23)22(30-25(34)11-10-16(13-31)21(25)33)29-24(27-14)26-12-15-6-2-4-8-18(15)32/h2-9,16,21,31-34H,10-13H2,1H3,(H2,26,27,29,30)/t16-,21-,25-/m1/s1. The summed E-state index contributed by atoms with van der Waals surface area (Å²) in [6.45, 7) is 1.92. The maximum Gasteiger partial charge on any atom is 0.225 e. The second kappa shape index (κ2) is 9.38. The van der Waals surface area contributed by atoms with Gasteiger partial charge in [-0.3, -0.25) is 0 Å². The Morgan fingerprint density at radius 1 is 1.09 bits per heavy atom. The molecule has 35 heavy (non-hydrogen) atoms. The van der Waals surface area contributed by atoms with Crippen molar-refractivity contribution < 1.29 is 20.4 Å². The molecule has 0 spiro atoms. The lowest BCUT2D eigenvalue weighted by Crippen LogP contribution is -2.48. The number of fused-ring (bicyclic) bond motifs is 1. The maximum absolute atomic E-state index is 11.2. The van der Waals surface area contributed by atoms with Crippen molar-refractivity contribution in [2.24, 2.45) is 5.92 Å². The smallest absolute Gasteiger partial charge is 0.225 e. The number of hydrogen-bond donors (Lipinski definition) is 6. The lowest BCUT2D eigenvalue weighted by molar-refractivity contribution is -0.0545. The van der Waals surface area contributed by atoms with Crippen molar-refractivity contribution >= 4 is 33.3 Å². The third kappa shape index (κ3) is 4.53. The first-order valence-corrected chi connectivity index (χ1v) is 12.2. The summed E-state index contributed by atoms with van der Waals surface area (Å²) in [6.07, 6.45) is -0.439. The molecule has 1 fully saturated rings. The van der Waals surface area contributed by atoms with E-state index in [1.54, 1.807) is 18.2 Å². The zero-order valence-electron chi connectivity index (χ0n) is 19.1. The second-order valence-corrected chi connectivity index (χ2v) is 9.83. The summed E-state index contributed by atoms with van der Waals surface area (Å²) in [6, 6.07) is 14.8. The summed E-state index contributed by atoms with van der Waals surface area (Å²) in [5.74, 6) is 0.365. The van der Waals surface area contributed by atoms with Crippen molar-refractivity contribution in [1.29, 1.82) is 0 Å². The van der Waals surface area contributed by atoms with Crippen molar-refractivity contribution in [2.45, 2.75) is 38.1 Å². The number of aromatic hydroxyl groups is 1. The van der Waals surface area contributed by atoms with Gasteiger partial charge >= 0.3 is 0 Å². The maximum atomic E-state index is 11.2. The quantitative estimate of drug-likeness (QED) is 0.214. The third-order valence-electron chi connectivity index (χ3n) is 6.43.